The topological polar surface area (TPSA) is 63.4 Å². The van der Waals surface area contributed by atoms with Gasteiger partial charge in [-0.1, -0.05) is 36.4 Å². The predicted octanol–water partition coefficient (Wildman–Crippen LogP) is 2.34. The first-order valence-electron chi connectivity index (χ1n) is 10.9. The van der Waals surface area contributed by atoms with Crippen molar-refractivity contribution in [3.8, 4) is 5.69 Å². The number of para-hydroxylation sites is 2. The summed E-state index contributed by atoms with van der Waals surface area (Å²) >= 11 is 0. The SMILES string of the molecule is Cn1nc(C2CCN(CC(=O)N3CCc4ccccc43)CC2)n(-c2ccccc2)c1=O. The number of fused-ring (bicyclic) bond motifs is 1. The fourth-order valence-electron chi connectivity index (χ4n) is 4.79. The maximum absolute atomic E-state index is 12.9. The second-order valence-electron chi connectivity index (χ2n) is 8.41. The van der Waals surface area contributed by atoms with Crippen LogP contribution in [-0.4, -0.2) is 51.3 Å². The summed E-state index contributed by atoms with van der Waals surface area (Å²) in [5, 5.41) is 4.56. The van der Waals surface area contributed by atoms with Crippen LogP contribution >= 0.6 is 0 Å². The van der Waals surface area contributed by atoms with Gasteiger partial charge in [0.15, 0.2) is 0 Å². The first-order chi connectivity index (χ1) is 15.1. The molecule has 31 heavy (non-hydrogen) atoms. The minimum atomic E-state index is -0.119. The van der Waals surface area contributed by atoms with E-state index in [4.69, 9.17) is 0 Å². The normalized spacial score (nSPS) is 17.1. The number of rotatable bonds is 4. The number of benzene rings is 2. The van der Waals surface area contributed by atoms with Crippen molar-refractivity contribution in [2.45, 2.75) is 25.2 Å². The molecule has 5 rings (SSSR count). The summed E-state index contributed by atoms with van der Waals surface area (Å²) in [6.07, 6.45) is 2.70. The third kappa shape index (κ3) is 3.70. The Hall–Kier alpha value is -3.19. The molecule has 0 atom stereocenters. The van der Waals surface area contributed by atoms with E-state index in [-0.39, 0.29) is 17.5 Å². The van der Waals surface area contributed by atoms with Gasteiger partial charge in [-0.15, -0.1) is 0 Å². The van der Waals surface area contributed by atoms with Crippen LogP contribution in [0.15, 0.2) is 59.4 Å². The van der Waals surface area contributed by atoms with Gasteiger partial charge in [0.1, 0.15) is 5.82 Å². The molecular weight excluding hydrogens is 390 g/mol. The van der Waals surface area contributed by atoms with Crippen LogP contribution in [0.3, 0.4) is 0 Å². The van der Waals surface area contributed by atoms with Gasteiger partial charge in [-0.25, -0.2) is 14.0 Å². The number of hydrogen-bond donors (Lipinski definition) is 0. The van der Waals surface area contributed by atoms with Gasteiger partial charge in [-0.05, 0) is 56.1 Å². The van der Waals surface area contributed by atoms with Gasteiger partial charge in [0.05, 0.1) is 12.2 Å². The second kappa shape index (κ2) is 8.15. The Morgan fingerprint density at radius 1 is 1.00 bits per heavy atom. The molecule has 1 fully saturated rings. The molecule has 3 heterocycles. The average molecular weight is 418 g/mol. The van der Waals surface area contributed by atoms with E-state index in [0.717, 1.165) is 56.1 Å². The fraction of sp³-hybridized carbons (Fsp3) is 0.375. The van der Waals surface area contributed by atoms with Gasteiger partial charge in [-0.3, -0.25) is 9.69 Å². The zero-order chi connectivity index (χ0) is 21.4. The molecule has 1 saturated heterocycles. The van der Waals surface area contributed by atoms with Crippen LogP contribution in [0.4, 0.5) is 5.69 Å². The fourth-order valence-corrected chi connectivity index (χ4v) is 4.79. The summed E-state index contributed by atoms with van der Waals surface area (Å²) in [5.41, 5.74) is 3.04. The molecule has 2 aliphatic rings. The molecule has 7 heteroatoms. The summed E-state index contributed by atoms with van der Waals surface area (Å²) in [7, 11) is 1.70. The Balaban J connectivity index is 1.26. The quantitative estimate of drug-likeness (QED) is 0.654. The van der Waals surface area contributed by atoms with Crippen LogP contribution in [0.2, 0.25) is 0 Å². The Bertz CT molecular complexity index is 1140. The molecule has 0 unspecified atom stereocenters. The summed E-state index contributed by atoms with van der Waals surface area (Å²) in [5.74, 6) is 1.19. The van der Waals surface area contributed by atoms with Crippen molar-refractivity contribution in [1.82, 2.24) is 19.2 Å². The van der Waals surface area contributed by atoms with Crippen molar-refractivity contribution in [2.24, 2.45) is 7.05 Å². The molecule has 2 aliphatic heterocycles. The van der Waals surface area contributed by atoms with Crippen molar-refractivity contribution in [3.63, 3.8) is 0 Å². The zero-order valence-corrected chi connectivity index (χ0v) is 17.8. The minimum Gasteiger partial charge on any atom is -0.311 e. The number of likely N-dealkylation sites (tertiary alicyclic amines) is 1. The van der Waals surface area contributed by atoms with Gasteiger partial charge >= 0.3 is 5.69 Å². The first-order valence-corrected chi connectivity index (χ1v) is 10.9. The third-order valence-electron chi connectivity index (χ3n) is 6.46. The summed E-state index contributed by atoms with van der Waals surface area (Å²) in [6.45, 7) is 2.86. The van der Waals surface area contributed by atoms with Crippen LogP contribution in [0.1, 0.15) is 30.1 Å². The monoisotopic (exact) mass is 417 g/mol. The van der Waals surface area contributed by atoms with Crippen LogP contribution in [0, 0.1) is 0 Å². The van der Waals surface area contributed by atoms with Gasteiger partial charge in [0.25, 0.3) is 0 Å². The number of aryl methyl sites for hydroxylation is 1. The number of aromatic nitrogens is 3. The predicted molar refractivity (Wildman–Crippen MR) is 120 cm³/mol. The van der Waals surface area contributed by atoms with Crippen molar-refractivity contribution in [1.29, 1.82) is 0 Å². The minimum absolute atomic E-state index is 0.119. The van der Waals surface area contributed by atoms with Crippen molar-refractivity contribution in [2.75, 3.05) is 31.1 Å². The molecule has 1 amide bonds. The lowest BCUT2D eigenvalue weighted by molar-refractivity contribution is -0.119. The molecule has 160 valence electrons. The van der Waals surface area contributed by atoms with Gasteiger partial charge in [0.2, 0.25) is 5.91 Å². The molecule has 0 N–H and O–H groups in total. The van der Waals surface area contributed by atoms with Gasteiger partial charge < -0.3 is 4.90 Å². The summed E-state index contributed by atoms with van der Waals surface area (Å²) in [4.78, 5) is 29.8. The molecule has 1 aromatic heterocycles. The Labute approximate surface area is 181 Å². The van der Waals surface area contributed by atoms with Crippen molar-refractivity contribution < 1.29 is 4.79 Å². The van der Waals surface area contributed by atoms with Gasteiger partial charge in [0, 0.05) is 25.2 Å². The summed E-state index contributed by atoms with van der Waals surface area (Å²) in [6, 6.07) is 17.9. The molecule has 0 spiro atoms. The van der Waals surface area contributed by atoms with E-state index in [9.17, 15) is 9.59 Å². The van der Waals surface area contributed by atoms with E-state index in [0.29, 0.717) is 6.54 Å². The molecule has 7 nitrogen and oxygen atoms in total. The number of amides is 1. The highest BCUT2D eigenvalue weighted by Crippen LogP contribution is 2.30. The maximum atomic E-state index is 12.9. The molecule has 0 radical (unpaired) electrons. The van der Waals surface area contributed by atoms with Crippen LogP contribution < -0.4 is 10.6 Å². The molecule has 2 aromatic carbocycles. The Kier molecular flexibility index (Phi) is 5.19. The van der Waals surface area contributed by atoms with E-state index < -0.39 is 0 Å². The smallest absolute Gasteiger partial charge is 0.311 e. The number of carbonyl (C=O) groups excluding carboxylic acids is 1. The third-order valence-corrected chi connectivity index (χ3v) is 6.46. The second-order valence-corrected chi connectivity index (χ2v) is 8.41. The average Bonchev–Trinajstić information content (AvgIpc) is 3.36. The molecule has 3 aromatic rings. The van der Waals surface area contributed by atoms with E-state index >= 15 is 0 Å². The number of piperidine rings is 1. The van der Waals surface area contributed by atoms with Crippen molar-refractivity contribution in [3.05, 3.63) is 76.5 Å². The van der Waals surface area contributed by atoms with Crippen LogP contribution in [0.5, 0.6) is 0 Å². The molecule has 0 aliphatic carbocycles. The van der Waals surface area contributed by atoms with E-state index in [1.54, 1.807) is 11.6 Å². The number of nitrogens with zero attached hydrogens (tertiary/aromatic N) is 5. The lowest BCUT2D eigenvalue weighted by atomic mass is 9.95. The van der Waals surface area contributed by atoms with E-state index in [2.05, 4.69) is 16.1 Å². The van der Waals surface area contributed by atoms with Crippen molar-refractivity contribution >= 4 is 11.6 Å². The molecular formula is C24H27N5O2. The number of hydrogen-bond acceptors (Lipinski definition) is 4. The highest BCUT2D eigenvalue weighted by atomic mass is 16.2. The zero-order valence-electron chi connectivity index (χ0n) is 17.8. The number of anilines is 1. The maximum Gasteiger partial charge on any atom is 0.350 e. The van der Waals surface area contributed by atoms with E-state index in [1.807, 2.05) is 53.4 Å². The van der Waals surface area contributed by atoms with Crippen LogP contribution in [-0.2, 0) is 18.3 Å². The number of carbonyl (C=O) groups is 1. The highest BCUT2D eigenvalue weighted by Gasteiger charge is 2.30. The lowest BCUT2D eigenvalue weighted by Crippen LogP contribution is -2.43. The standard InChI is InChI=1S/C24H27N5O2/c1-26-24(31)29(20-8-3-2-4-9-20)23(25-26)19-11-14-27(15-12-19)17-22(30)28-16-13-18-7-5-6-10-21(18)28/h2-10,19H,11-17H2,1H3. The Morgan fingerprint density at radius 3 is 2.48 bits per heavy atom. The highest BCUT2D eigenvalue weighted by molar-refractivity contribution is 5.96. The first kappa shape index (κ1) is 19.8. The van der Waals surface area contributed by atoms with E-state index in [1.165, 1.54) is 10.2 Å². The van der Waals surface area contributed by atoms with Gasteiger partial charge in [-0.2, -0.15) is 5.10 Å². The molecule has 0 bridgehead atoms. The Morgan fingerprint density at radius 2 is 1.71 bits per heavy atom. The van der Waals surface area contributed by atoms with Crippen LogP contribution in [0.25, 0.3) is 5.69 Å². The summed E-state index contributed by atoms with van der Waals surface area (Å²) < 4.78 is 3.15. The lowest BCUT2D eigenvalue weighted by Gasteiger charge is -2.32. The largest absolute Gasteiger partial charge is 0.350 e. The molecule has 0 saturated carbocycles.